The highest BCUT2D eigenvalue weighted by atomic mass is 79.9. The fraction of sp³-hybridized carbons (Fsp3) is 0.385. The summed E-state index contributed by atoms with van der Waals surface area (Å²) in [4.78, 5) is 25.0. The van der Waals surface area contributed by atoms with E-state index in [4.69, 9.17) is 0 Å². The number of hydrogen-bond acceptors (Lipinski definition) is 2. The minimum atomic E-state index is -0.500. The van der Waals surface area contributed by atoms with Crippen molar-refractivity contribution in [1.29, 1.82) is 0 Å². The van der Waals surface area contributed by atoms with E-state index in [1.54, 1.807) is 0 Å². The summed E-state index contributed by atoms with van der Waals surface area (Å²) < 4.78 is 13.7. The lowest BCUT2D eigenvalue weighted by Gasteiger charge is -2.14. The maximum atomic E-state index is 13.4. The summed E-state index contributed by atoms with van der Waals surface area (Å²) in [5.41, 5.74) is 0.209. The maximum absolute atomic E-state index is 13.4. The third kappa shape index (κ3) is 2.46. The Morgan fingerprint density at radius 1 is 1.56 bits per heavy atom. The van der Waals surface area contributed by atoms with E-state index in [0.29, 0.717) is 17.4 Å². The van der Waals surface area contributed by atoms with E-state index in [2.05, 4.69) is 15.9 Å². The summed E-state index contributed by atoms with van der Waals surface area (Å²) in [6.07, 6.45) is 1.27. The molecule has 0 spiro atoms. The molecule has 5 heteroatoms. The predicted octanol–water partition coefficient (Wildman–Crippen LogP) is 2.99. The van der Waals surface area contributed by atoms with E-state index in [1.165, 1.54) is 17.0 Å². The topological polar surface area (TPSA) is 37.4 Å². The Morgan fingerprint density at radius 2 is 2.28 bits per heavy atom. The molecule has 1 heterocycles. The van der Waals surface area contributed by atoms with Gasteiger partial charge in [-0.2, -0.15) is 0 Å². The molecule has 0 N–H and O–H groups in total. The van der Waals surface area contributed by atoms with Crippen molar-refractivity contribution in [1.82, 2.24) is 4.90 Å². The van der Waals surface area contributed by atoms with Crippen molar-refractivity contribution in [3.63, 3.8) is 0 Å². The zero-order valence-corrected chi connectivity index (χ0v) is 11.5. The summed E-state index contributed by atoms with van der Waals surface area (Å²) >= 11 is 3.03. The van der Waals surface area contributed by atoms with E-state index in [1.807, 2.05) is 6.92 Å². The van der Waals surface area contributed by atoms with E-state index in [-0.39, 0.29) is 17.4 Å². The second kappa shape index (κ2) is 5.18. The molecular weight excluding hydrogens is 301 g/mol. The van der Waals surface area contributed by atoms with Crippen LogP contribution in [-0.2, 0) is 4.79 Å². The number of nitrogens with zero attached hydrogens (tertiary/aromatic N) is 1. The molecule has 96 valence electrons. The Bertz CT molecular complexity index is 504. The van der Waals surface area contributed by atoms with Gasteiger partial charge in [0.05, 0.1) is 4.47 Å². The molecule has 1 aliphatic heterocycles. The van der Waals surface area contributed by atoms with Gasteiger partial charge in [0.2, 0.25) is 5.91 Å². The number of imide groups is 1. The first-order valence-electron chi connectivity index (χ1n) is 5.82. The number of carbonyl (C=O) groups is 2. The molecule has 1 fully saturated rings. The average Bonchev–Trinajstić information content (AvgIpc) is 2.73. The lowest BCUT2D eigenvalue weighted by Crippen LogP contribution is -2.32. The molecule has 0 aromatic heterocycles. The van der Waals surface area contributed by atoms with Crippen molar-refractivity contribution in [3.05, 3.63) is 34.1 Å². The molecule has 3 nitrogen and oxygen atoms in total. The summed E-state index contributed by atoms with van der Waals surface area (Å²) in [7, 11) is 0. The molecule has 1 aliphatic rings. The van der Waals surface area contributed by atoms with Crippen LogP contribution in [-0.4, -0.2) is 23.3 Å². The molecule has 0 saturated carbocycles. The Labute approximate surface area is 113 Å². The molecule has 0 radical (unpaired) electrons. The van der Waals surface area contributed by atoms with Crippen molar-refractivity contribution < 1.29 is 14.0 Å². The van der Waals surface area contributed by atoms with Gasteiger partial charge in [0, 0.05) is 18.5 Å². The van der Waals surface area contributed by atoms with E-state index in [9.17, 15) is 14.0 Å². The Kier molecular flexibility index (Phi) is 3.80. The third-order valence-electron chi connectivity index (χ3n) is 3.19. The van der Waals surface area contributed by atoms with Crippen LogP contribution in [0.3, 0.4) is 0 Å². The van der Waals surface area contributed by atoms with Crippen LogP contribution in [0, 0.1) is 11.7 Å². The van der Waals surface area contributed by atoms with Crippen LogP contribution in [0.1, 0.15) is 30.1 Å². The summed E-state index contributed by atoms with van der Waals surface area (Å²) in [5, 5.41) is 0. The van der Waals surface area contributed by atoms with Gasteiger partial charge in [0.1, 0.15) is 5.82 Å². The summed E-state index contributed by atoms with van der Waals surface area (Å²) in [6, 6.07) is 4.14. The highest BCUT2D eigenvalue weighted by molar-refractivity contribution is 9.10. The first-order valence-corrected chi connectivity index (χ1v) is 6.62. The number of halogens is 2. The lowest BCUT2D eigenvalue weighted by atomic mass is 10.1. The second-order valence-electron chi connectivity index (χ2n) is 4.42. The van der Waals surface area contributed by atoms with Crippen LogP contribution >= 0.6 is 15.9 Å². The van der Waals surface area contributed by atoms with Crippen molar-refractivity contribution in [2.75, 3.05) is 6.54 Å². The van der Waals surface area contributed by atoms with Gasteiger partial charge in [-0.05, 0) is 40.0 Å². The molecule has 0 bridgehead atoms. The van der Waals surface area contributed by atoms with Gasteiger partial charge in [0.15, 0.2) is 0 Å². The normalized spacial score (nSPS) is 19.4. The highest BCUT2D eigenvalue weighted by Crippen LogP contribution is 2.24. The van der Waals surface area contributed by atoms with Crippen LogP contribution in [0.15, 0.2) is 22.7 Å². The average molecular weight is 314 g/mol. The van der Waals surface area contributed by atoms with Crippen LogP contribution in [0.4, 0.5) is 4.39 Å². The SMILES string of the molecule is CCC1CC(=O)N(C(=O)c2ccc(Br)c(F)c2)C1. The van der Waals surface area contributed by atoms with E-state index < -0.39 is 11.7 Å². The fourth-order valence-electron chi connectivity index (χ4n) is 2.04. The molecule has 1 saturated heterocycles. The Balaban J connectivity index is 2.21. The van der Waals surface area contributed by atoms with Gasteiger partial charge >= 0.3 is 0 Å². The number of likely N-dealkylation sites (tertiary alicyclic amines) is 1. The van der Waals surface area contributed by atoms with E-state index in [0.717, 1.165) is 12.5 Å². The van der Waals surface area contributed by atoms with Crippen molar-refractivity contribution in [2.24, 2.45) is 5.92 Å². The molecule has 2 rings (SSSR count). The lowest BCUT2D eigenvalue weighted by molar-refractivity contribution is -0.125. The van der Waals surface area contributed by atoms with Gasteiger partial charge in [-0.3, -0.25) is 14.5 Å². The quantitative estimate of drug-likeness (QED) is 0.787. The maximum Gasteiger partial charge on any atom is 0.260 e. The minimum absolute atomic E-state index is 0.171. The van der Waals surface area contributed by atoms with Crippen molar-refractivity contribution >= 4 is 27.7 Å². The van der Waals surface area contributed by atoms with Crippen molar-refractivity contribution in [3.8, 4) is 0 Å². The van der Waals surface area contributed by atoms with Gasteiger partial charge in [-0.1, -0.05) is 13.3 Å². The number of carbonyl (C=O) groups excluding carboxylic acids is 2. The zero-order chi connectivity index (χ0) is 13.3. The zero-order valence-electron chi connectivity index (χ0n) is 9.95. The smallest absolute Gasteiger partial charge is 0.260 e. The first-order chi connectivity index (χ1) is 8.52. The van der Waals surface area contributed by atoms with Crippen molar-refractivity contribution in [2.45, 2.75) is 19.8 Å². The van der Waals surface area contributed by atoms with Crippen LogP contribution in [0.2, 0.25) is 0 Å². The Morgan fingerprint density at radius 3 is 2.83 bits per heavy atom. The fourth-order valence-corrected chi connectivity index (χ4v) is 2.28. The number of amides is 2. The largest absolute Gasteiger partial charge is 0.278 e. The monoisotopic (exact) mass is 313 g/mol. The minimum Gasteiger partial charge on any atom is -0.278 e. The van der Waals surface area contributed by atoms with E-state index >= 15 is 0 Å². The highest BCUT2D eigenvalue weighted by Gasteiger charge is 2.33. The molecule has 0 aliphatic carbocycles. The predicted molar refractivity (Wildman–Crippen MR) is 68.5 cm³/mol. The second-order valence-corrected chi connectivity index (χ2v) is 5.27. The van der Waals surface area contributed by atoms with Crippen LogP contribution < -0.4 is 0 Å². The molecular formula is C13H13BrFNO2. The standard InChI is InChI=1S/C13H13BrFNO2/c1-2-8-5-12(17)16(7-8)13(18)9-3-4-10(14)11(15)6-9/h3-4,6,8H,2,5,7H2,1H3. The van der Waals surface area contributed by atoms with Gasteiger partial charge in [-0.15, -0.1) is 0 Å². The van der Waals surface area contributed by atoms with Gasteiger partial charge in [0.25, 0.3) is 5.91 Å². The molecule has 1 unspecified atom stereocenters. The van der Waals surface area contributed by atoms with Crippen LogP contribution in [0.5, 0.6) is 0 Å². The molecule has 18 heavy (non-hydrogen) atoms. The Hall–Kier alpha value is -1.23. The number of hydrogen-bond donors (Lipinski definition) is 0. The molecule has 1 aromatic rings. The first kappa shape index (κ1) is 13.2. The summed E-state index contributed by atoms with van der Waals surface area (Å²) in [6.45, 7) is 2.43. The number of rotatable bonds is 2. The van der Waals surface area contributed by atoms with Gasteiger partial charge in [-0.25, -0.2) is 4.39 Å². The van der Waals surface area contributed by atoms with Crippen LogP contribution in [0.25, 0.3) is 0 Å². The third-order valence-corrected chi connectivity index (χ3v) is 3.84. The molecule has 1 atom stereocenters. The molecule has 1 aromatic carbocycles. The summed E-state index contributed by atoms with van der Waals surface area (Å²) in [5.74, 6) is -0.862. The number of benzene rings is 1. The van der Waals surface area contributed by atoms with Gasteiger partial charge < -0.3 is 0 Å². The molecule has 2 amide bonds.